The summed E-state index contributed by atoms with van der Waals surface area (Å²) in [5, 5.41) is 3.46. The van der Waals surface area contributed by atoms with Crippen LogP contribution in [-0.2, 0) is 21.4 Å². The van der Waals surface area contributed by atoms with Crippen molar-refractivity contribution in [1.29, 1.82) is 0 Å². The Kier molecular flexibility index (Phi) is 6.89. The number of nitrogens with one attached hydrogen (secondary N) is 1. The Morgan fingerprint density at radius 1 is 1.15 bits per heavy atom. The molecule has 0 saturated heterocycles. The molecule has 0 aromatic heterocycles. The molecule has 2 aromatic rings. The van der Waals surface area contributed by atoms with Crippen LogP contribution in [0.1, 0.15) is 30.0 Å². The molecule has 0 spiro atoms. The average Bonchev–Trinajstić information content (AvgIpc) is 2.60. The summed E-state index contributed by atoms with van der Waals surface area (Å²) in [5.41, 5.74) is 3.15. The van der Waals surface area contributed by atoms with Crippen LogP contribution in [0.25, 0.3) is 0 Å². The SMILES string of the molecule is CC[C@H](C(=O)NCc1ccc(Cl)cc1)N(c1cc(C)ccc1C)S(C)(=O)=O. The van der Waals surface area contributed by atoms with Gasteiger partial charge in [-0.25, -0.2) is 8.42 Å². The third kappa shape index (κ3) is 5.47. The van der Waals surface area contributed by atoms with Crippen molar-refractivity contribution in [2.24, 2.45) is 0 Å². The number of hydrogen-bond donors (Lipinski definition) is 1. The van der Waals surface area contributed by atoms with E-state index in [1.807, 2.05) is 38.1 Å². The topological polar surface area (TPSA) is 66.5 Å². The maximum absolute atomic E-state index is 12.8. The minimum absolute atomic E-state index is 0.302. The summed E-state index contributed by atoms with van der Waals surface area (Å²) in [6.45, 7) is 5.84. The van der Waals surface area contributed by atoms with Gasteiger partial charge in [0.15, 0.2) is 0 Å². The predicted octanol–water partition coefficient (Wildman–Crippen LogP) is 3.82. The van der Waals surface area contributed by atoms with E-state index in [-0.39, 0.29) is 5.91 Å². The molecule has 2 rings (SSSR count). The molecule has 0 radical (unpaired) electrons. The second kappa shape index (κ2) is 8.76. The van der Waals surface area contributed by atoms with Gasteiger partial charge in [-0.05, 0) is 55.2 Å². The lowest BCUT2D eigenvalue weighted by molar-refractivity contribution is -0.122. The Bertz CT molecular complexity index is 911. The van der Waals surface area contributed by atoms with E-state index in [1.165, 1.54) is 4.31 Å². The first kappa shape index (κ1) is 21.3. The number of sulfonamides is 1. The molecule has 5 nitrogen and oxygen atoms in total. The molecule has 0 aliphatic carbocycles. The van der Waals surface area contributed by atoms with Gasteiger partial charge in [0.2, 0.25) is 15.9 Å². The molecule has 0 aliphatic rings. The number of aryl methyl sites for hydroxylation is 2. The molecule has 2 aromatic carbocycles. The van der Waals surface area contributed by atoms with Gasteiger partial charge in [0.05, 0.1) is 11.9 Å². The molecule has 27 heavy (non-hydrogen) atoms. The molecule has 1 N–H and O–H groups in total. The summed E-state index contributed by atoms with van der Waals surface area (Å²) in [5.74, 6) is -0.334. The van der Waals surface area contributed by atoms with Crippen LogP contribution in [0.15, 0.2) is 42.5 Å². The van der Waals surface area contributed by atoms with E-state index >= 15 is 0 Å². The van der Waals surface area contributed by atoms with E-state index in [0.717, 1.165) is 22.9 Å². The highest BCUT2D eigenvalue weighted by molar-refractivity contribution is 7.92. The van der Waals surface area contributed by atoms with E-state index in [9.17, 15) is 13.2 Å². The number of anilines is 1. The maximum Gasteiger partial charge on any atom is 0.244 e. The van der Waals surface area contributed by atoms with Crippen molar-refractivity contribution >= 4 is 33.2 Å². The highest BCUT2D eigenvalue weighted by Crippen LogP contribution is 2.27. The van der Waals surface area contributed by atoms with Crippen LogP contribution in [-0.4, -0.2) is 26.6 Å². The lowest BCUT2D eigenvalue weighted by Gasteiger charge is -2.31. The number of nitrogens with zero attached hydrogens (tertiary/aromatic N) is 1. The van der Waals surface area contributed by atoms with Crippen molar-refractivity contribution in [1.82, 2.24) is 5.32 Å². The minimum atomic E-state index is -3.65. The van der Waals surface area contributed by atoms with E-state index in [0.29, 0.717) is 23.7 Å². The third-order valence-corrected chi connectivity index (χ3v) is 5.73. The lowest BCUT2D eigenvalue weighted by atomic mass is 10.1. The standard InChI is InChI=1S/C20H25ClN2O3S/c1-5-18(20(24)22-13-16-8-10-17(21)11-9-16)23(27(4,25)26)19-12-14(2)6-7-15(19)3/h6-12,18H,5,13H2,1-4H3,(H,22,24)/t18-/m1/s1. The third-order valence-electron chi connectivity index (χ3n) is 4.31. The van der Waals surface area contributed by atoms with Crippen LogP contribution in [0.5, 0.6) is 0 Å². The smallest absolute Gasteiger partial charge is 0.244 e. The predicted molar refractivity (Wildman–Crippen MR) is 111 cm³/mol. The fourth-order valence-corrected chi connectivity index (χ4v) is 4.29. The molecule has 0 bridgehead atoms. The zero-order valence-electron chi connectivity index (χ0n) is 16.0. The molecule has 7 heteroatoms. The minimum Gasteiger partial charge on any atom is -0.350 e. The number of carbonyl (C=O) groups is 1. The van der Waals surface area contributed by atoms with Gasteiger partial charge in [0, 0.05) is 11.6 Å². The molecular weight excluding hydrogens is 384 g/mol. The summed E-state index contributed by atoms with van der Waals surface area (Å²) < 4.78 is 26.3. The quantitative estimate of drug-likeness (QED) is 0.757. The van der Waals surface area contributed by atoms with Gasteiger partial charge in [0.25, 0.3) is 0 Å². The number of halogens is 1. The van der Waals surface area contributed by atoms with Crippen LogP contribution < -0.4 is 9.62 Å². The second-order valence-corrected chi connectivity index (χ2v) is 8.91. The van der Waals surface area contributed by atoms with Gasteiger partial charge in [-0.1, -0.05) is 42.8 Å². The van der Waals surface area contributed by atoms with Crippen molar-refractivity contribution in [3.63, 3.8) is 0 Å². The van der Waals surface area contributed by atoms with Gasteiger partial charge >= 0.3 is 0 Å². The van der Waals surface area contributed by atoms with Crippen LogP contribution in [0.3, 0.4) is 0 Å². The summed E-state index contributed by atoms with van der Waals surface area (Å²) >= 11 is 5.87. The monoisotopic (exact) mass is 408 g/mol. The molecule has 0 unspecified atom stereocenters. The number of carbonyl (C=O) groups excluding carboxylic acids is 1. The Hall–Kier alpha value is -2.05. The van der Waals surface area contributed by atoms with E-state index < -0.39 is 16.1 Å². The zero-order chi connectivity index (χ0) is 20.2. The maximum atomic E-state index is 12.8. The van der Waals surface area contributed by atoms with Crippen molar-refractivity contribution in [3.05, 3.63) is 64.2 Å². The molecule has 0 saturated carbocycles. The normalized spacial score (nSPS) is 12.5. The van der Waals surface area contributed by atoms with Crippen LogP contribution in [0.4, 0.5) is 5.69 Å². The molecular formula is C20H25ClN2O3S. The van der Waals surface area contributed by atoms with Crippen molar-refractivity contribution in [2.75, 3.05) is 10.6 Å². The van der Waals surface area contributed by atoms with Gasteiger partial charge in [-0.2, -0.15) is 0 Å². The Morgan fingerprint density at radius 2 is 1.78 bits per heavy atom. The van der Waals surface area contributed by atoms with Crippen molar-refractivity contribution in [2.45, 2.75) is 39.8 Å². The van der Waals surface area contributed by atoms with Crippen molar-refractivity contribution in [3.8, 4) is 0 Å². The molecule has 1 atom stereocenters. The van der Waals surface area contributed by atoms with Gasteiger partial charge < -0.3 is 5.32 Å². The molecule has 146 valence electrons. The fourth-order valence-electron chi connectivity index (χ4n) is 2.90. The number of benzene rings is 2. The Balaban J connectivity index is 2.30. The number of rotatable bonds is 7. The van der Waals surface area contributed by atoms with E-state index in [1.54, 1.807) is 25.1 Å². The highest BCUT2D eigenvalue weighted by atomic mass is 35.5. The van der Waals surface area contributed by atoms with Crippen LogP contribution >= 0.6 is 11.6 Å². The first-order chi connectivity index (χ1) is 12.6. The highest BCUT2D eigenvalue weighted by Gasteiger charge is 2.32. The van der Waals surface area contributed by atoms with Gasteiger partial charge in [-0.3, -0.25) is 9.10 Å². The molecule has 0 aliphatic heterocycles. The fraction of sp³-hybridized carbons (Fsp3) is 0.350. The summed E-state index contributed by atoms with van der Waals surface area (Å²) in [6.07, 6.45) is 1.48. The van der Waals surface area contributed by atoms with E-state index in [4.69, 9.17) is 11.6 Å². The van der Waals surface area contributed by atoms with Gasteiger partial charge in [0.1, 0.15) is 6.04 Å². The first-order valence-corrected chi connectivity index (χ1v) is 10.9. The van der Waals surface area contributed by atoms with Crippen LogP contribution in [0, 0.1) is 13.8 Å². The molecule has 0 heterocycles. The zero-order valence-corrected chi connectivity index (χ0v) is 17.6. The molecule has 0 fully saturated rings. The van der Waals surface area contributed by atoms with Crippen molar-refractivity contribution < 1.29 is 13.2 Å². The first-order valence-electron chi connectivity index (χ1n) is 8.72. The number of hydrogen-bond acceptors (Lipinski definition) is 3. The second-order valence-electron chi connectivity index (χ2n) is 6.62. The van der Waals surface area contributed by atoms with Crippen LogP contribution in [0.2, 0.25) is 5.02 Å². The summed E-state index contributed by atoms with van der Waals surface area (Å²) in [4.78, 5) is 12.8. The Labute approximate surface area is 166 Å². The van der Waals surface area contributed by atoms with E-state index in [2.05, 4.69) is 5.32 Å². The van der Waals surface area contributed by atoms with Gasteiger partial charge in [-0.15, -0.1) is 0 Å². The largest absolute Gasteiger partial charge is 0.350 e. The Morgan fingerprint density at radius 3 is 2.33 bits per heavy atom. The average molecular weight is 409 g/mol. The number of amides is 1. The summed E-state index contributed by atoms with van der Waals surface area (Å²) in [7, 11) is -3.65. The lowest BCUT2D eigenvalue weighted by Crippen LogP contribution is -2.49. The summed E-state index contributed by atoms with van der Waals surface area (Å²) in [6, 6.07) is 11.9. The molecule has 1 amide bonds.